The SMILES string of the molecule is Cn1c(CNS(=O)(=O)c2ccccc2)cc(=O)c(OCc2ccccc2)c1C(=O)O. The third-order valence-corrected chi connectivity index (χ3v) is 5.85. The van der Waals surface area contributed by atoms with Gasteiger partial charge < -0.3 is 14.4 Å². The van der Waals surface area contributed by atoms with E-state index in [1.54, 1.807) is 42.5 Å². The van der Waals surface area contributed by atoms with Gasteiger partial charge in [0.2, 0.25) is 15.5 Å². The van der Waals surface area contributed by atoms with E-state index in [9.17, 15) is 23.1 Å². The van der Waals surface area contributed by atoms with Crippen LogP contribution < -0.4 is 14.9 Å². The van der Waals surface area contributed by atoms with E-state index in [0.717, 1.165) is 5.56 Å². The highest BCUT2D eigenvalue weighted by Crippen LogP contribution is 2.17. The Morgan fingerprint density at radius 2 is 1.67 bits per heavy atom. The van der Waals surface area contributed by atoms with E-state index >= 15 is 0 Å². The predicted molar refractivity (Wildman–Crippen MR) is 110 cm³/mol. The Bertz CT molecular complexity index is 1210. The normalized spacial score (nSPS) is 11.2. The van der Waals surface area contributed by atoms with Gasteiger partial charge in [0, 0.05) is 18.8 Å². The summed E-state index contributed by atoms with van der Waals surface area (Å²) in [6.07, 6.45) is 0. The van der Waals surface area contributed by atoms with Crippen LogP contribution in [-0.2, 0) is 30.2 Å². The van der Waals surface area contributed by atoms with Crippen molar-refractivity contribution in [1.82, 2.24) is 9.29 Å². The lowest BCUT2D eigenvalue weighted by Crippen LogP contribution is -2.28. The van der Waals surface area contributed by atoms with Gasteiger partial charge in [0.1, 0.15) is 6.61 Å². The molecule has 0 unspecified atom stereocenters. The van der Waals surface area contributed by atoms with Crippen LogP contribution in [-0.4, -0.2) is 24.1 Å². The number of sulfonamides is 1. The first kappa shape index (κ1) is 21.3. The summed E-state index contributed by atoms with van der Waals surface area (Å²) in [5, 5.41) is 9.62. The number of nitrogens with one attached hydrogen (secondary N) is 1. The summed E-state index contributed by atoms with van der Waals surface area (Å²) in [6.45, 7) is -0.238. The standard InChI is InChI=1S/C21H20N2O6S/c1-23-16(13-22-30(27,28)17-10-6-3-7-11-17)12-18(24)20(19(23)21(25)26)29-14-15-8-4-2-5-9-15/h2-12,22H,13-14H2,1H3,(H,25,26). The molecule has 3 rings (SSSR count). The fourth-order valence-corrected chi connectivity index (χ4v) is 3.88. The number of aromatic carboxylic acids is 1. The summed E-state index contributed by atoms with van der Waals surface area (Å²) < 4.78 is 33.9. The molecule has 30 heavy (non-hydrogen) atoms. The molecule has 0 atom stereocenters. The monoisotopic (exact) mass is 428 g/mol. The van der Waals surface area contributed by atoms with Crippen molar-refractivity contribution in [2.45, 2.75) is 18.0 Å². The summed E-state index contributed by atoms with van der Waals surface area (Å²) >= 11 is 0. The predicted octanol–water partition coefficient (Wildman–Crippen LogP) is 2.14. The van der Waals surface area contributed by atoms with Gasteiger partial charge in [0.25, 0.3) is 0 Å². The van der Waals surface area contributed by atoms with Crippen LogP contribution in [0.1, 0.15) is 21.7 Å². The number of pyridine rings is 1. The van der Waals surface area contributed by atoms with Crippen LogP contribution in [0.2, 0.25) is 0 Å². The van der Waals surface area contributed by atoms with E-state index < -0.39 is 21.4 Å². The first-order valence-corrected chi connectivity index (χ1v) is 10.5. The van der Waals surface area contributed by atoms with Crippen LogP contribution in [0.15, 0.2) is 76.4 Å². The number of nitrogens with zero attached hydrogens (tertiary/aromatic N) is 1. The van der Waals surface area contributed by atoms with Crippen molar-refractivity contribution in [2.24, 2.45) is 7.05 Å². The van der Waals surface area contributed by atoms with Crippen molar-refractivity contribution in [3.63, 3.8) is 0 Å². The lowest BCUT2D eigenvalue weighted by atomic mass is 10.2. The number of rotatable bonds is 8. The second kappa shape index (κ2) is 8.93. The highest BCUT2D eigenvalue weighted by atomic mass is 32.2. The van der Waals surface area contributed by atoms with E-state index in [0.29, 0.717) is 0 Å². The number of hydrogen-bond acceptors (Lipinski definition) is 5. The van der Waals surface area contributed by atoms with Gasteiger partial charge in [-0.1, -0.05) is 48.5 Å². The number of hydrogen-bond donors (Lipinski definition) is 2. The van der Waals surface area contributed by atoms with Gasteiger partial charge in [0.15, 0.2) is 11.4 Å². The molecule has 0 amide bonds. The fraction of sp³-hybridized carbons (Fsp3) is 0.143. The number of carbonyl (C=O) groups is 1. The number of ether oxygens (including phenoxy) is 1. The Balaban J connectivity index is 1.88. The van der Waals surface area contributed by atoms with E-state index in [-0.39, 0.29) is 35.2 Å². The van der Waals surface area contributed by atoms with Crippen molar-refractivity contribution in [3.05, 3.63) is 93.9 Å². The number of benzene rings is 2. The second-order valence-corrected chi connectivity index (χ2v) is 8.22. The molecular formula is C21H20N2O6S. The molecule has 0 radical (unpaired) electrons. The fourth-order valence-electron chi connectivity index (χ4n) is 2.86. The topological polar surface area (TPSA) is 115 Å². The Hall–Kier alpha value is -3.43. The Morgan fingerprint density at radius 1 is 1.07 bits per heavy atom. The number of carboxylic acid groups (broad SMARTS) is 1. The average molecular weight is 428 g/mol. The van der Waals surface area contributed by atoms with E-state index in [1.807, 2.05) is 6.07 Å². The van der Waals surface area contributed by atoms with Crippen LogP contribution >= 0.6 is 0 Å². The van der Waals surface area contributed by atoms with Crippen molar-refractivity contribution >= 4 is 16.0 Å². The summed E-state index contributed by atoms with van der Waals surface area (Å²) in [5.41, 5.74) is -0.0396. The maximum Gasteiger partial charge on any atom is 0.356 e. The zero-order chi connectivity index (χ0) is 21.7. The first-order valence-electron chi connectivity index (χ1n) is 8.97. The number of aromatic nitrogens is 1. The van der Waals surface area contributed by atoms with E-state index in [2.05, 4.69) is 4.72 Å². The minimum Gasteiger partial charge on any atom is -0.482 e. The summed E-state index contributed by atoms with van der Waals surface area (Å²) in [4.78, 5) is 24.4. The zero-order valence-electron chi connectivity index (χ0n) is 16.1. The molecule has 0 fully saturated rings. The molecule has 0 aliphatic rings. The molecule has 3 aromatic rings. The first-order chi connectivity index (χ1) is 14.3. The molecule has 0 saturated carbocycles. The van der Waals surface area contributed by atoms with Gasteiger partial charge in [-0.15, -0.1) is 0 Å². The highest BCUT2D eigenvalue weighted by Gasteiger charge is 2.22. The Morgan fingerprint density at radius 3 is 2.27 bits per heavy atom. The molecule has 0 spiro atoms. The van der Waals surface area contributed by atoms with Crippen LogP contribution in [0.5, 0.6) is 5.75 Å². The van der Waals surface area contributed by atoms with Crippen molar-refractivity contribution in [1.29, 1.82) is 0 Å². The van der Waals surface area contributed by atoms with Gasteiger partial charge in [-0.25, -0.2) is 17.9 Å². The minimum atomic E-state index is -3.82. The second-order valence-electron chi connectivity index (χ2n) is 6.45. The van der Waals surface area contributed by atoms with Gasteiger partial charge in [-0.05, 0) is 17.7 Å². The summed E-state index contributed by atoms with van der Waals surface area (Å²) in [7, 11) is -2.39. The van der Waals surface area contributed by atoms with Gasteiger partial charge in [-0.3, -0.25) is 4.79 Å². The summed E-state index contributed by atoms with van der Waals surface area (Å²) in [5.74, 6) is -1.66. The van der Waals surface area contributed by atoms with Crippen LogP contribution in [0.25, 0.3) is 0 Å². The quantitative estimate of drug-likeness (QED) is 0.568. The molecule has 1 aromatic heterocycles. The largest absolute Gasteiger partial charge is 0.482 e. The third kappa shape index (κ3) is 4.76. The van der Waals surface area contributed by atoms with E-state index in [4.69, 9.17) is 4.74 Å². The Labute approximate surface area is 173 Å². The third-order valence-electron chi connectivity index (χ3n) is 4.43. The smallest absolute Gasteiger partial charge is 0.356 e. The average Bonchev–Trinajstić information content (AvgIpc) is 2.74. The molecular weight excluding hydrogens is 408 g/mol. The van der Waals surface area contributed by atoms with Crippen LogP contribution in [0.3, 0.4) is 0 Å². The molecule has 2 aromatic carbocycles. The molecule has 8 nitrogen and oxygen atoms in total. The lowest BCUT2D eigenvalue weighted by molar-refractivity contribution is 0.0678. The molecule has 0 aliphatic heterocycles. The van der Waals surface area contributed by atoms with Crippen LogP contribution in [0.4, 0.5) is 0 Å². The van der Waals surface area contributed by atoms with Gasteiger partial charge in [0.05, 0.1) is 11.4 Å². The van der Waals surface area contributed by atoms with Crippen molar-refractivity contribution in [2.75, 3.05) is 0 Å². The molecule has 2 N–H and O–H groups in total. The van der Waals surface area contributed by atoms with E-state index in [1.165, 1.54) is 29.8 Å². The molecule has 156 valence electrons. The zero-order valence-corrected chi connectivity index (χ0v) is 16.9. The van der Waals surface area contributed by atoms with Gasteiger partial charge >= 0.3 is 5.97 Å². The van der Waals surface area contributed by atoms with Crippen LogP contribution in [0, 0.1) is 0 Å². The lowest BCUT2D eigenvalue weighted by Gasteiger charge is -2.16. The molecule has 0 aliphatic carbocycles. The van der Waals surface area contributed by atoms with Gasteiger partial charge in [-0.2, -0.15) is 0 Å². The molecule has 9 heteroatoms. The minimum absolute atomic E-state index is 0.0241. The highest BCUT2D eigenvalue weighted by molar-refractivity contribution is 7.89. The van der Waals surface area contributed by atoms with Crippen molar-refractivity contribution in [3.8, 4) is 5.75 Å². The molecule has 0 saturated heterocycles. The van der Waals surface area contributed by atoms with Crippen molar-refractivity contribution < 1.29 is 23.1 Å². The Kier molecular flexibility index (Phi) is 6.34. The molecule has 1 heterocycles. The number of carboxylic acids is 1. The summed E-state index contributed by atoms with van der Waals surface area (Å²) in [6, 6.07) is 17.9. The maximum atomic E-state index is 12.6. The molecule has 0 bridgehead atoms. The maximum absolute atomic E-state index is 12.6.